The number of fused-ring (bicyclic) bond motifs is 1. The molecule has 0 saturated carbocycles. The number of aromatic nitrogens is 1. The van der Waals surface area contributed by atoms with E-state index in [4.69, 9.17) is 21.6 Å². The molecule has 1 heterocycles. The molecular weight excluding hydrogens is 407 g/mol. The number of rotatable bonds is 2. The van der Waals surface area contributed by atoms with Crippen LogP contribution in [0.1, 0.15) is 0 Å². The second kappa shape index (κ2) is 6.24. The van der Waals surface area contributed by atoms with E-state index in [0.29, 0.717) is 22.7 Å². The molecule has 0 aliphatic rings. The lowest BCUT2D eigenvalue weighted by atomic mass is 10.2. The van der Waals surface area contributed by atoms with E-state index in [1.165, 1.54) is 0 Å². The van der Waals surface area contributed by atoms with Gasteiger partial charge in [-0.2, -0.15) is 4.99 Å². The Labute approximate surface area is 145 Å². The Kier molecular flexibility index (Phi) is 4.15. The molecule has 0 spiro atoms. The maximum atomic E-state index is 5.77. The minimum absolute atomic E-state index is 0.0225. The van der Waals surface area contributed by atoms with Gasteiger partial charge in [0.2, 0.25) is 11.9 Å². The highest BCUT2D eigenvalue weighted by molar-refractivity contribution is 14.1. The normalized spacial score (nSPS) is 11.6. The predicted octanol–water partition coefficient (Wildman–Crippen LogP) is 2.32. The number of hydrogen-bond acceptors (Lipinski definition) is 3. The minimum atomic E-state index is -0.144. The number of benzene rings is 2. The first-order chi connectivity index (χ1) is 11.0. The summed E-state index contributed by atoms with van der Waals surface area (Å²) in [4.78, 5) is 12.3. The van der Waals surface area contributed by atoms with Crippen molar-refractivity contribution >= 4 is 51.3 Å². The fourth-order valence-electron chi connectivity index (χ4n) is 2.02. The van der Waals surface area contributed by atoms with Crippen molar-refractivity contribution in [1.82, 2.24) is 4.98 Å². The first kappa shape index (κ1) is 15.3. The average molecular weight is 420 g/mol. The van der Waals surface area contributed by atoms with Crippen LogP contribution in [0.5, 0.6) is 0 Å². The van der Waals surface area contributed by atoms with Crippen LogP contribution >= 0.6 is 22.6 Å². The average Bonchev–Trinajstić information content (AvgIpc) is 2.89. The molecule has 0 atom stereocenters. The van der Waals surface area contributed by atoms with Crippen LogP contribution in [0.25, 0.3) is 22.6 Å². The first-order valence-electron chi connectivity index (χ1n) is 6.61. The minimum Gasteiger partial charge on any atom is -0.436 e. The summed E-state index contributed by atoms with van der Waals surface area (Å²) in [5, 5.41) is 0. The molecule has 2 aromatic carbocycles. The van der Waals surface area contributed by atoms with Crippen molar-refractivity contribution in [2.45, 2.75) is 0 Å². The zero-order valence-corrected chi connectivity index (χ0v) is 14.1. The lowest BCUT2D eigenvalue weighted by Gasteiger charge is -1.95. The Hall–Kier alpha value is -2.62. The molecule has 0 aliphatic heterocycles. The number of nitrogens with zero attached hydrogens (tertiary/aromatic N) is 3. The van der Waals surface area contributed by atoms with Gasteiger partial charge in [0.1, 0.15) is 5.52 Å². The Bertz CT molecular complexity index is 927. The van der Waals surface area contributed by atoms with Crippen LogP contribution in [0, 0.1) is 3.57 Å². The van der Waals surface area contributed by atoms with E-state index in [1.807, 2.05) is 24.3 Å². The van der Waals surface area contributed by atoms with Gasteiger partial charge in [0, 0.05) is 9.13 Å². The molecule has 3 aromatic rings. The molecule has 0 radical (unpaired) electrons. The summed E-state index contributed by atoms with van der Waals surface area (Å²) in [6.45, 7) is 0. The molecule has 0 unspecified atom stereocenters. The number of aliphatic imine (C=N–C) groups is 2. The van der Waals surface area contributed by atoms with Gasteiger partial charge >= 0.3 is 0 Å². The molecule has 0 amide bonds. The van der Waals surface area contributed by atoms with Gasteiger partial charge < -0.3 is 21.6 Å². The summed E-state index contributed by atoms with van der Waals surface area (Å²) in [6.07, 6.45) is 0. The fourth-order valence-corrected chi connectivity index (χ4v) is 2.56. The van der Waals surface area contributed by atoms with Crippen molar-refractivity contribution in [3.05, 3.63) is 46.0 Å². The molecule has 1 aromatic heterocycles. The largest absolute Gasteiger partial charge is 0.436 e. The summed E-state index contributed by atoms with van der Waals surface area (Å²) < 4.78 is 6.88. The van der Waals surface area contributed by atoms with Crippen LogP contribution in [0.4, 0.5) is 5.69 Å². The second-order valence-corrected chi connectivity index (χ2v) is 5.93. The SMILES string of the molecule is NC(N)=NC(N)=Nc1ccc2oc(-c3cccc(I)c3)nc2c1. The molecule has 8 heteroatoms. The van der Waals surface area contributed by atoms with E-state index in [2.05, 4.69) is 37.6 Å². The van der Waals surface area contributed by atoms with E-state index >= 15 is 0 Å². The smallest absolute Gasteiger partial charge is 0.227 e. The molecule has 6 N–H and O–H groups in total. The van der Waals surface area contributed by atoms with Crippen LogP contribution in [-0.2, 0) is 0 Å². The predicted molar refractivity (Wildman–Crippen MR) is 99.3 cm³/mol. The van der Waals surface area contributed by atoms with Gasteiger partial charge in [0.15, 0.2) is 11.5 Å². The Morgan fingerprint density at radius 2 is 1.91 bits per heavy atom. The third kappa shape index (κ3) is 3.59. The Morgan fingerprint density at radius 1 is 1.09 bits per heavy atom. The van der Waals surface area contributed by atoms with Crippen molar-refractivity contribution < 1.29 is 4.42 Å². The van der Waals surface area contributed by atoms with Crippen LogP contribution in [0.3, 0.4) is 0 Å². The molecule has 0 fully saturated rings. The summed E-state index contributed by atoms with van der Waals surface area (Å²) in [7, 11) is 0. The molecule has 116 valence electrons. The van der Waals surface area contributed by atoms with Crippen molar-refractivity contribution in [2.24, 2.45) is 27.2 Å². The Morgan fingerprint density at radius 3 is 2.65 bits per heavy atom. The quantitative estimate of drug-likeness (QED) is 0.333. The zero-order chi connectivity index (χ0) is 16.4. The number of nitrogens with two attached hydrogens (primary N) is 3. The van der Waals surface area contributed by atoms with E-state index in [0.717, 1.165) is 9.13 Å². The third-order valence-electron chi connectivity index (χ3n) is 2.93. The van der Waals surface area contributed by atoms with E-state index in [-0.39, 0.29) is 11.9 Å². The van der Waals surface area contributed by atoms with Crippen LogP contribution in [-0.4, -0.2) is 16.9 Å². The van der Waals surface area contributed by atoms with Gasteiger partial charge in [-0.15, -0.1) is 0 Å². The topological polar surface area (TPSA) is 129 Å². The van der Waals surface area contributed by atoms with Crippen LogP contribution < -0.4 is 17.2 Å². The zero-order valence-electron chi connectivity index (χ0n) is 11.9. The van der Waals surface area contributed by atoms with Gasteiger partial charge in [0.05, 0.1) is 5.69 Å². The highest BCUT2D eigenvalue weighted by atomic mass is 127. The number of hydrogen-bond donors (Lipinski definition) is 3. The molecular formula is C15H13IN6O. The number of halogens is 1. The summed E-state index contributed by atoms with van der Waals surface area (Å²) in [6, 6.07) is 13.2. The maximum Gasteiger partial charge on any atom is 0.227 e. The monoisotopic (exact) mass is 420 g/mol. The highest BCUT2D eigenvalue weighted by Gasteiger charge is 2.09. The van der Waals surface area contributed by atoms with Crippen molar-refractivity contribution in [3.8, 4) is 11.5 Å². The molecule has 7 nitrogen and oxygen atoms in total. The van der Waals surface area contributed by atoms with E-state index in [9.17, 15) is 0 Å². The van der Waals surface area contributed by atoms with Gasteiger partial charge in [0.25, 0.3) is 0 Å². The first-order valence-corrected chi connectivity index (χ1v) is 7.69. The molecule has 0 aliphatic carbocycles. The van der Waals surface area contributed by atoms with Crippen molar-refractivity contribution in [2.75, 3.05) is 0 Å². The summed E-state index contributed by atoms with van der Waals surface area (Å²) in [5.74, 6) is 0.386. The molecule has 0 saturated heterocycles. The maximum absolute atomic E-state index is 5.77. The van der Waals surface area contributed by atoms with Crippen LogP contribution in [0.2, 0.25) is 0 Å². The second-order valence-electron chi connectivity index (χ2n) is 4.69. The summed E-state index contributed by atoms with van der Waals surface area (Å²) >= 11 is 2.24. The third-order valence-corrected chi connectivity index (χ3v) is 3.60. The van der Waals surface area contributed by atoms with Gasteiger partial charge in [-0.05, 0) is 59.0 Å². The number of guanidine groups is 2. The van der Waals surface area contributed by atoms with Gasteiger partial charge in [-0.1, -0.05) is 6.07 Å². The van der Waals surface area contributed by atoms with E-state index < -0.39 is 0 Å². The fraction of sp³-hybridized carbons (Fsp3) is 0. The lowest BCUT2D eigenvalue weighted by Crippen LogP contribution is -2.26. The number of oxazole rings is 1. The van der Waals surface area contributed by atoms with Crippen molar-refractivity contribution in [1.29, 1.82) is 0 Å². The standard InChI is InChI=1S/C15H13IN6O/c16-9-3-1-2-8(6-9)13-21-11-7-10(4-5-12(11)23-13)20-15(19)22-14(17)18/h1-7H,(H6,17,18,19,20,22). The van der Waals surface area contributed by atoms with Gasteiger partial charge in [-0.25, -0.2) is 9.98 Å². The van der Waals surface area contributed by atoms with Crippen LogP contribution in [0.15, 0.2) is 56.9 Å². The lowest BCUT2D eigenvalue weighted by molar-refractivity contribution is 0.620. The molecule has 0 bridgehead atoms. The van der Waals surface area contributed by atoms with Crippen molar-refractivity contribution in [3.63, 3.8) is 0 Å². The Balaban J connectivity index is 2.00. The van der Waals surface area contributed by atoms with E-state index in [1.54, 1.807) is 18.2 Å². The van der Waals surface area contributed by atoms with Gasteiger partial charge in [-0.3, -0.25) is 0 Å². The molecule has 23 heavy (non-hydrogen) atoms. The highest BCUT2D eigenvalue weighted by Crippen LogP contribution is 2.27. The summed E-state index contributed by atoms with van der Waals surface area (Å²) in [5.41, 5.74) is 19.0. The molecule has 3 rings (SSSR count).